The minimum Gasteiger partial charge on any atom is -0.490 e. The normalized spacial score (nSPS) is 10.1. The van der Waals surface area contributed by atoms with Gasteiger partial charge in [0.15, 0.2) is 5.75 Å². The van der Waals surface area contributed by atoms with Gasteiger partial charge in [-0.15, -0.1) is 0 Å². The van der Waals surface area contributed by atoms with E-state index in [0.717, 1.165) is 16.0 Å². The third kappa shape index (κ3) is 3.99. The predicted molar refractivity (Wildman–Crippen MR) is 77.1 cm³/mol. The van der Waals surface area contributed by atoms with E-state index in [4.69, 9.17) is 9.47 Å². The van der Waals surface area contributed by atoms with Gasteiger partial charge in [-0.3, -0.25) is 0 Å². The molecule has 0 spiro atoms. The summed E-state index contributed by atoms with van der Waals surface area (Å²) in [6.45, 7) is 0.953. The second-order valence-corrected chi connectivity index (χ2v) is 5.11. The van der Waals surface area contributed by atoms with Crippen LogP contribution in [0.5, 0.6) is 11.5 Å². The minimum absolute atomic E-state index is 0.469. The first-order valence-electron chi connectivity index (χ1n) is 5.37. The monoisotopic (exact) mass is 371 g/mol. The van der Waals surface area contributed by atoms with Crippen LogP contribution in [-0.4, -0.2) is 18.2 Å². The smallest absolute Gasteiger partial charge is 0.152 e. The Morgan fingerprint density at radius 2 is 1.83 bits per heavy atom. The van der Waals surface area contributed by atoms with Crippen molar-refractivity contribution in [3.05, 3.63) is 51.7 Å². The number of hydrogen-bond donors (Lipinski definition) is 0. The first-order chi connectivity index (χ1) is 8.75. The Bertz CT molecular complexity index is 520. The maximum absolute atomic E-state index is 5.56. The lowest BCUT2D eigenvalue weighted by molar-refractivity contribution is 0.215. The van der Waals surface area contributed by atoms with E-state index >= 15 is 0 Å². The van der Waals surface area contributed by atoms with Crippen molar-refractivity contribution < 1.29 is 9.47 Å². The van der Waals surface area contributed by atoms with Crippen molar-refractivity contribution in [3.63, 3.8) is 0 Å². The Hall–Kier alpha value is -1.07. The van der Waals surface area contributed by atoms with Crippen LogP contribution in [0.25, 0.3) is 0 Å². The lowest BCUT2D eigenvalue weighted by Crippen LogP contribution is -2.09. The van der Waals surface area contributed by atoms with Gasteiger partial charge in [0.1, 0.15) is 23.6 Å². The molecule has 1 aromatic heterocycles. The van der Waals surface area contributed by atoms with Gasteiger partial charge < -0.3 is 9.47 Å². The van der Waals surface area contributed by atoms with Crippen molar-refractivity contribution >= 4 is 31.9 Å². The fourth-order valence-corrected chi connectivity index (χ4v) is 2.09. The third-order valence-electron chi connectivity index (χ3n) is 2.13. The molecule has 0 N–H and O–H groups in total. The molecule has 3 nitrogen and oxygen atoms in total. The van der Waals surface area contributed by atoms with Crippen LogP contribution in [0.1, 0.15) is 0 Å². The Morgan fingerprint density at radius 1 is 1.00 bits per heavy atom. The number of halogens is 2. The lowest BCUT2D eigenvalue weighted by Gasteiger charge is -2.09. The number of benzene rings is 1. The highest BCUT2D eigenvalue weighted by Gasteiger charge is 2.00. The van der Waals surface area contributed by atoms with E-state index in [1.807, 2.05) is 36.4 Å². The summed E-state index contributed by atoms with van der Waals surface area (Å²) in [6, 6.07) is 11.4. The molecule has 1 heterocycles. The number of aromatic nitrogens is 1. The second-order valence-electron chi connectivity index (χ2n) is 3.45. The topological polar surface area (TPSA) is 31.4 Å². The molecule has 0 unspecified atom stereocenters. The lowest BCUT2D eigenvalue weighted by atomic mass is 10.3. The van der Waals surface area contributed by atoms with Crippen molar-refractivity contribution in [1.29, 1.82) is 0 Å². The van der Waals surface area contributed by atoms with E-state index in [1.165, 1.54) is 0 Å². The summed E-state index contributed by atoms with van der Waals surface area (Å²) in [5, 5.41) is 0. The molecular weight excluding hydrogens is 362 g/mol. The molecule has 2 rings (SSSR count). The van der Waals surface area contributed by atoms with Gasteiger partial charge in [-0.25, -0.2) is 4.98 Å². The van der Waals surface area contributed by atoms with Crippen molar-refractivity contribution in [2.75, 3.05) is 13.2 Å². The Balaban J connectivity index is 1.78. The number of nitrogens with zero attached hydrogens (tertiary/aromatic N) is 1. The minimum atomic E-state index is 0.469. The van der Waals surface area contributed by atoms with Crippen LogP contribution in [0, 0.1) is 0 Å². The Kier molecular flexibility index (Phi) is 5.01. The first-order valence-corrected chi connectivity index (χ1v) is 6.96. The molecule has 0 amide bonds. The molecular formula is C13H11Br2NO2. The van der Waals surface area contributed by atoms with Gasteiger partial charge in [-0.1, -0.05) is 22.0 Å². The summed E-state index contributed by atoms with van der Waals surface area (Å²) in [5.41, 5.74) is 0. The molecule has 0 radical (unpaired) electrons. The second kappa shape index (κ2) is 6.75. The van der Waals surface area contributed by atoms with Gasteiger partial charge in [0.2, 0.25) is 0 Å². The molecule has 0 aliphatic rings. The molecule has 0 fully saturated rings. The van der Waals surface area contributed by atoms with E-state index in [0.29, 0.717) is 17.8 Å². The zero-order chi connectivity index (χ0) is 12.8. The first kappa shape index (κ1) is 13.4. The quantitative estimate of drug-likeness (QED) is 0.585. The third-order valence-corrected chi connectivity index (χ3v) is 3.22. The summed E-state index contributed by atoms with van der Waals surface area (Å²) in [4.78, 5) is 4.07. The zero-order valence-electron chi connectivity index (χ0n) is 9.48. The van der Waals surface area contributed by atoms with E-state index in [-0.39, 0.29) is 0 Å². The van der Waals surface area contributed by atoms with Gasteiger partial charge in [-0.05, 0) is 46.3 Å². The summed E-state index contributed by atoms with van der Waals surface area (Å²) in [6.07, 6.45) is 1.70. The standard InChI is InChI=1S/C13H11Br2NO2/c14-10-3-1-4-11(9-10)17-7-8-18-12-5-2-6-16-13(12)15/h1-6,9H,7-8H2. The van der Waals surface area contributed by atoms with E-state index < -0.39 is 0 Å². The van der Waals surface area contributed by atoms with E-state index in [9.17, 15) is 0 Å². The molecule has 2 aromatic rings. The molecule has 0 atom stereocenters. The number of ether oxygens (including phenoxy) is 2. The number of rotatable bonds is 5. The Labute approximate surface area is 122 Å². The largest absolute Gasteiger partial charge is 0.490 e. The number of pyridine rings is 1. The summed E-state index contributed by atoms with van der Waals surface area (Å²) >= 11 is 6.71. The molecule has 1 aromatic carbocycles. The van der Waals surface area contributed by atoms with E-state index in [2.05, 4.69) is 36.8 Å². The van der Waals surface area contributed by atoms with Crippen molar-refractivity contribution in [2.45, 2.75) is 0 Å². The van der Waals surface area contributed by atoms with E-state index in [1.54, 1.807) is 6.20 Å². The van der Waals surface area contributed by atoms with Crippen LogP contribution in [0.4, 0.5) is 0 Å². The SMILES string of the molecule is Brc1cccc(OCCOc2cccnc2Br)c1. The maximum Gasteiger partial charge on any atom is 0.152 e. The van der Waals surface area contributed by atoms with Crippen LogP contribution < -0.4 is 9.47 Å². The molecule has 0 saturated carbocycles. The predicted octanol–water partition coefficient (Wildman–Crippen LogP) is 4.06. The van der Waals surface area contributed by atoms with Crippen LogP contribution in [0.2, 0.25) is 0 Å². The molecule has 0 aliphatic heterocycles. The van der Waals surface area contributed by atoms with Crippen molar-refractivity contribution in [2.24, 2.45) is 0 Å². The summed E-state index contributed by atoms with van der Waals surface area (Å²) in [5.74, 6) is 1.54. The number of hydrogen-bond acceptors (Lipinski definition) is 3. The van der Waals surface area contributed by atoms with Gasteiger partial charge in [0.25, 0.3) is 0 Å². The average Bonchev–Trinajstić information content (AvgIpc) is 2.37. The highest BCUT2D eigenvalue weighted by molar-refractivity contribution is 9.10. The maximum atomic E-state index is 5.56. The van der Waals surface area contributed by atoms with Crippen LogP contribution in [0.3, 0.4) is 0 Å². The molecule has 5 heteroatoms. The molecule has 18 heavy (non-hydrogen) atoms. The molecule has 0 saturated heterocycles. The highest BCUT2D eigenvalue weighted by atomic mass is 79.9. The van der Waals surface area contributed by atoms with Gasteiger partial charge in [-0.2, -0.15) is 0 Å². The summed E-state index contributed by atoms with van der Waals surface area (Å²) in [7, 11) is 0. The van der Waals surface area contributed by atoms with Crippen LogP contribution in [-0.2, 0) is 0 Å². The summed E-state index contributed by atoms with van der Waals surface area (Å²) < 4.78 is 12.8. The Morgan fingerprint density at radius 3 is 2.61 bits per heavy atom. The van der Waals surface area contributed by atoms with Crippen LogP contribution >= 0.6 is 31.9 Å². The molecule has 0 bridgehead atoms. The molecule has 0 aliphatic carbocycles. The van der Waals surface area contributed by atoms with Crippen LogP contribution in [0.15, 0.2) is 51.7 Å². The zero-order valence-corrected chi connectivity index (χ0v) is 12.6. The van der Waals surface area contributed by atoms with Gasteiger partial charge in [0.05, 0.1) is 0 Å². The fourth-order valence-electron chi connectivity index (χ4n) is 1.35. The van der Waals surface area contributed by atoms with Gasteiger partial charge in [0, 0.05) is 10.7 Å². The van der Waals surface area contributed by atoms with Gasteiger partial charge >= 0.3 is 0 Å². The fraction of sp³-hybridized carbons (Fsp3) is 0.154. The highest BCUT2D eigenvalue weighted by Crippen LogP contribution is 2.21. The average molecular weight is 373 g/mol. The molecule has 94 valence electrons. The van der Waals surface area contributed by atoms with Crippen molar-refractivity contribution in [3.8, 4) is 11.5 Å². The van der Waals surface area contributed by atoms with Crippen molar-refractivity contribution in [1.82, 2.24) is 4.98 Å².